The summed E-state index contributed by atoms with van der Waals surface area (Å²) in [6.07, 6.45) is 1.90. The fourth-order valence-electron chi connectivity index (χ4n) is 2.39. The molecule has 0 N–H and O–H groups in total. The number of hydrogen-bond acceptors (Lipinski definition) is 2. The van der Waals surface area contributed by atoms with Crippen molar-refractivity contribution in [2.75, 3.05) is 0 Å². The van der Waals surface area contributed by atoms with Crippen LogP contribution in [0.1, 0.15) is 0 Å². The molecule has 3 heteroatoms. The zero-order valence-electron chi connectivity index (χ0n) is 9.46. The lowest BCUT2D eigenvalue weighted by Crippen LogP contribution is -2.02. The molecular formula is C15H9NO2. The summed E-state index contributed by atoms with van der Waals surface area (Å²) in [5, 5.41) is 2.77. The first-order valence-corrected chi connectivity index (χ1v) is 5.76. The number of fused-ring (bicyclic) bond motifs is 4. The van der Waals surface area contributed by atoms with Gasteiger partial charge in [-0.05, 0) is 29.0 Å². The summed E-state index contributed by atoms with van der Waals surface area (Å²) in [7, 11) is 0. The lowest BCUT2D eigenvalue weighted by atomic mass is 10.1. The lowest BCUT2D eigenvalue weighted by molar-refractivity contribution is 0.549. The molecule has 0 aliphatic rings. The van der Waals surface area contributed by atoms with E-state index in [0.717, 1.165) is 16.3 Å². The molecule has 0 unspecified atom stereocenters. The summed E-state index contributed by atoms with van der Waals surface area (Å²) in [5.74, 6) is 0. The molecule has 0 amide bonds. The SMILES string of the molecule is O=c1oc2cccn2c2cc3ccccc3cc12. The molecule has 0 saturated heterocycles. The molecule has 18 heavy (non-hydrogen) atoms. The van der Waals surface area contributed by atoms with E-state index in [1.165, 1.54) is 0 Å². The second-order valence-electron chi connectivity index (χ2n) is 4.32. The van der Waals surface area contributed by atoms with Gasteiger partial charge >= 0.3 is 5.63 Å². The molecule has 0 aliphatic heterocycles. The van der Waals surface area contributed by atoms with Gasteiger partial charge in [-0.3, -0.25) is 4.40 Å². The second kappa shape index (κ2) is 3.23. The van der Waals surface area contributed by atoms with E-state index in [9.17, 15) is 4.79 Å². The average Bonchev–Trinajstić information content (AvgIpc) is 2.85. The molecule has 0 saturated carbocycles. The van der Waals surface area contributed by atoms with Crippen LogP contribution in [-0.2, 0) is 0 Å². The Hall–Kier alpha value is -2.55. The Bertz CT molecular complexity index is 947. The van der Waals surface area contributed by atoms with Crippen LogP contribution in [0.2, 0.25) is 0 Å². The number of hydrogen-bond donors (Lipinski definition) is 0. The second-order valence-corrected chi connectivity index (χ2v) is 4.32. The summed E-state index contributed by atoms with van der Waals surface area (Å²) in [6, 6.07) is 15.6. The van der Waals surface area contributed by atoms with E-state index in [1.807, 2.05) is 53.1 Å². The van der Waals surface area contributed by atoms with E-state index in [2.05, 4.69) is 0 Å². The van der Waals surface area contributed by atoms with Gasteiger partial charge in [-0.15, -0.1) is 0 Å². The van der Waals surface area contributed by atoms with Crippen LogP contribution in [-0.4, -0.2) is 4.40 Å². The molecule has 2 heterocycles. The van der Waals surface area contributed by atoms with E-state index in [1.54, 1.807) is 6.07 Å². The van der Waals surface area contributed by atoms with Crippen LogP contribution in [0.5, 0.6) is 0 Å². The van der Waals surface area contributed by atoms with Gasteiger partial charge in [0.25, 0.3) is 0 Å². The van der Waals surface area contributed by atoms with Gasteiger partial charge in [-0.2, -0.15) is 0 Å². The molecule has 0 bridgehead atoms. The van der Waals surface area contributed by atoms with Gasteiger partial charge in [0.1, 0.15) is 0 Å². The molecule has 4 rings (SSSR count). The number of nitrogens with zero attached hydrogens (tertiary/aromatic N) is 1. The van der Waals surface area contributed by atoms with Gasteiger partial charge in [0, 0.05) is 12.3 Å². The molecule has 2 aromatic carbocycles. The highest BCUT2D eigenvalue weighted by Crippen LogP contribution is 2.21. The van der Waals surface area contributed by atoms with Crippen LogP contribution in [0.4, 0.5) is 0 Å². The van der Waals surface area contributed by atoms with Gasteiger partial charge in [0.15, 0.2) is 0 Å². The first-order chi connectivity index (χ1) is 8.83. The summed E-state index contributed by atoms with van der Waals surface area (Å²) >= 11 is 0. The highest BCUT2D eigenvalue weighted by atomic mass is 16.4. The van der Waals surface area contributed by atoms with Crippen molar-refractivity contribution >= 4 is 27.4 Å². The van der Waals surface area contributed by atoms with Crippen LogP contribution in [0, 0.1) is 0 Å². The number of aromatic nitrogens is 1. The quantitative estimate of drug-likeness (QED) is 0.439. The number of rotatable bonds is 0. The highest BCUT2D eigenvalue weighted by Gasteiger charge is 2.07. The average molecular weight is 235 g/mol. The standard InChI is InChI=1S/C15H9NO2/c17-15-12-8-10-4-1-2-5-11(10)9-13(12)16-7-3-6-14(16)18-15/h1-9H. The summed E-state index contributed by atoms with van der Waals surface area (Å²) in [5.41, 5.74) is 1.16. The topological polar surface area (TPSA) is 34.6 Å². The molecule has 0 fully saturated rings. The Kier molecular flexibility index (Phi) is 1.70. The Balaban J connectivity index is 2.36. The third-order valence-corrected chi connectivity index (χ3v) is 3.25. The van der Waals surface area contributed by atoms with Crippen LogP contribution >= 0.6 is 0 Å². The third kappa shape index (κ3) is 1.16. The zero-order valence-corrected chi connectivity index (χ0v) is 9.46. The first-order valence-electron chi connectivity index (χ1n) is 5.76. The van der Waals surface area contributed by atoms with Gasteiger partial charge < -0.3 is 4.42 Å². The van der Waals surface area contributed by atoms with Crippen molar-refractivity contribution in [3.8, 4) is 0 Å². The fraction of sp³-hybridized carbons (Fsp3) is 0. The molecule has 86 valence electrons. The van der Waals surface area contributed by atoms with Crippen LogP contribution in [0.3, 0.4) is 0 Å². The Morgan fingerprint density at radius 3 is 2.56 bits per heavy atom. The maximum Gasteiger partial charge on any atom is 0.346 e. The first kappa shape index (κ1) is 9.48. The minimum Gasteiger partial charge on any atom is -0.405 e. The zero-order chi connectivity index (χ0) is 12.1. The van der Waals surface area contributed by atoms with Crippen LogP contribution in [0.25, 0.3) is 27.4 Å². The third-order valence-electron chi connectivity index (χ3n) is 3.25. The number of benzene rings is 2. The Labute approximate surface area is 102 Å². The Morgan fingerprint density at radius 2 is 1.72 bits per heavy atom. The van der Waals surface area contributed by atoms with Crippen LogP contribution < -0.4 is 5.63 Å². The molecule has 0 radical (unpaired) electrons. The van der Waals surface area contributed by atoms with Crippen molar-refractivity contribution in [3.05, 3.63) is 65.1 Å². The molecular weight excluding hydrogens is 226 g/mol. The van der Waals surface area contributed by atoms with E-state index >= 15 is 0 Å². The maximum absolute atomic E-state index is 12.0. The normalized spacial score (nSPS) is 11.6. The summed E-state index contributed by atoms with van der Waals surface area (Å²) in [6.45, 7) is 0. The monoisotopic (exact) mass is 235 g/mol. The van der Waals surface area contributed by atoms with E-state index in [4.69, 9.17) is 4.42 Å². The predicted octanol–water partition coefficient (Wildman–Crippen LogP) is 3.20. The summed E-state index contributed by atoms with van der Waals surface area (Å²) < 4.78 is 7.16. The van der Waals surface area contributed by atoms with Crippen molar-refractivity contribution < 1.29 is 4.42 Å². The van der Waals surface area contributed by atoms with Crippen molar-refractivity contribution in [3.63, 3.8) is 0 Å². The van der Waals surface area contributed by atoms with Crippen molar-refractivity contribution in [1.82, 2.24) is 4.40 Å². The molecule has 0 atom stereocenters. The van der Waals surface area contributed by atoms with Gasteiger partial charge in [0.2, 0.25) is 5.71 Å². The van der Waals surface area contributed by atoms with Crippen molar-refractivity contribution in [2.45, 2.75) is 0 Å². The van der Waals surface area contributed by atoms with E-state index < -0.39 is 0 Å². The minimum absolute atomic E-state index is 0.290. The Morgan fingerprint density at radius 1 is 0.944 bits per heavy atom. The van der Waals surface area contributed by atoms with Gasteiger partial charge in [-0.25, -0.2) is 4.79 Å². The predicted molar refractivity (Wildman–Crippen MR) is 70.9 cm³/mol. The maximum atomic E-state index is 12.0. The molecule has 0 spiro atoms. The smallest absolute Gasteiger partial charge is 0.346 e. The molecule has 3 nitrogen and oxygen atoms in total. The minimum atomic E-state index is -0.290. The summed E-state index contributed by atoms with van der Waals surface area (Å²) in [4.78, 5) is 12.0. The van der Waals surface area contributed by atoms with Crippen molar-refractivity contribution in [2.24, 2.45) is 0 Å². The van der Waals surface area contributed by atoms with E-state index in [0.29, 0.717) is 11.1 Å². The van der Waals surface area contributed by atoms with Crippen molar-refractivity contribution in [1.29, 1.82) is 0 Å². The largest absolute Gasteiger partial charge is 0.405 e. The fourth-order valence-corrected chi connectivity index (χ4v) is 2.39. The van der Waals surface area contributed by atoms with Crippen LogP contribution in [0.15, 0.2) is 63.9 Å². The van der Waals surface area contributed by atoms with Gasteiger partial charge in [-0.1, -0.05) is 24.3 Å². The lowest BCUT2D eigenvalue weighted by Gasteiger charge is -2.03. The highest BCUT2D eigenvalue weighted by molar-refractivity contribution is 5.96. The molecule has 0 aliphatic carbocycles. The molecule has 2 aromatic heterocycles. The molecule has 4 aromatic rings. The van der Waals surface area contributed by atoms with Gasteiger partial charge in [0.05, 0.1) is 10.9 Å². The van der Waals surface area contributed by atoms with E-state index in [-0.39, 0.29) is 5.63 Å².